The van der Waals surface area contributed by atoms with Crippen LogP contribution in [-0.4, -0.2) is 37.6 Å². The first-order valence-electron chi connectivity index (χ1n) is 5.76. The van der Waals surface area contributed by atoms with Crippen molar-refractivity contribution in [1.82, 2.24) is 0 Å². The number of carbonyl (C=O) groups excluding carboxylic acids is 1. The summed E-state index contributed by atoms with van der Waals surface area (Å²) in [4.78, 5) is 8.89. The fraction of sp³-hybridized carbons (Fsp3) is 0.917. The number of likely N-dealkylation sites (tertiary alicyclic amines) is 1. The summed E-state index contributed by atoms with van der Waals surface area (Å²) in [6, 6.07) is 0. The van der Waals surface area contributed by atoms with Gasteiger partial charge in [-0.15, -0.1) is 0 Å². The average Bonchev–Trinajstić information content (AvgIpc) is 1.99. The van der Waals surface area contributed by atoms with Crippen molar-refractivity contribution in [1.29, 1.82) is 0 Å². The Morgan fingerprint density at radius 3 is 2.20 bits per heavy atom. The highest BCUT2D eigenvalue weighted by Crippen LogP contribution is 2.26. The summed E-state index contributed by atoms with van der Waals surface area (Å²) in [6.07, 6.45) is 2.82. The van der Waals surface area contributed by atoms with E-state index in [0.717, 1.165) is 18.8 Å². The Balaban J connectivity index is 0.000000423. The molecular formula is C12H25NO2. The molecule has 0 aromatic rings. The highest BCUT2D eigenvalue weighted by molar-refractivity contribution is 5.60. The van der Waals surface area contributed by atoms with Gasteiger partial charge >= 0.3 is 0 Å². The summed E-state index contributed by atoms with van der Waals surface area (Å²) in [5.41, 5.74) is 0. The van der Waals surface area contributed by atoms with Crippen molar-refractivity contribution in [3.63, 3.8) is 0 Å². The second-order valence-electron chi connectivity index (χ2n) is 5.41. The van der Waals surface area contributed by atoms with Crippen molar-refractivity contribution < 1.29 is 14.4 Å². The molecule has 0 radical (unpaired) electrons. The molecular weight excluding hydrogens is 190 g/mol. The molecule has 0 N–H and O–H groups in total. The van der Waals surface area contributed by atoms with E-state index in [-0.39, 0.29) is 0 Å². The standard InChI is InChI=1S/C10H22N.C2H4O2/c1-5-10-6-9(2)7-11(3,4)8-10;1-2(3)4/h9-10H,5-8H2,1-4H3;1H3,(H,3,4)/q+1;/p-1. The molecule has 1 aliphatic heterocycles. The topological polar surface area (TPSA) is 40.1 Å². The minimum atomic E-state index is -1.08. The lowest BCUT2D eigenvalue weighted by atomic mass is 9.88. The number of hydrogen-bond acceptors (Lipinski definition) is 2. The van der Waals surface area contributed by atoms with Gasteiger partial charge in [0.2, 0.25) is 0 Å². The van der Waals surface area contributed by atoms with Gasteiger partial charge in [0.15, 0.2) is 0 Å². The van der Waals surface area contributed by atoms with Gasteiger partial charge < -0.3 is 14.4 Å². The molecule has 0 aromatic heterocycles. The fourth-order valence-electron chi connectivity index (χ4n) is 2.63. The SMILES string of the molecule is CC(=O)[O-].CCC1CC(C)C[N+](C)(C)C1. The molecule has 90 valence electrons. The van der Waals surface area contributed by atoms with Crippen LogP contribution in [0.15, 0.2) is 0 Å². The van der Waals surface area contributed by atoms with Gasteiger partial charge in [-0.05, 0) is 19.8 Å². The molecule has 1 saturated heterocycles. The van der Waals surface area contributed by atoms with Gasteiger partial charge in [0.25, 0.3) is 0 Å². The van der Waals surface area contributed by atoms with E-state index < -0.39 is 5.97 Å². The second kappa shape index (κ2) is 6.11. The first-order valence-corrected chi connectivity index (χ1v) is 5.76. The van der Waals surface area contributed by atoms with Crippen molar-refractivity contribution >= 4 is 5.97 Å². The van der Waals surface area contributed by atoms with Crippen molar-refractivity contribution in [2.45, 2.75) is 33.6 Å². The van der Waals surface area contributed by atoms with Gasteiger partial charge in [0.1, 0.15) is 0 Å². The van der Waals surface area contributed by atoms with Crippen LogP contribution in [0.1, 0.15) is 33.6 Å². The Morgan fingerprint density at radius 1 is 1.40 bits per heavy atom. The maximum atomic E-state index is 8.89. The second-order valence-corrected chi connectivity index (χ2v) is 5.41. The number of carboxylic acid groups (broad SMARTS) is 1. The van der Waals surface area contributed by atoms with Crippen LogP contribution >= 0.6 is 0 Å². The molecule has 1 heterocycles. The van der Waals surface area contributed by atoms with Crippen LogP contribution in [0.2, 0.25) is 0 Å². The number of nitrogens with zero attached hydrogens (tertiary/aromatic N) is 1. The van der Waals surface area contributed by atoms with Crippen LogP contribution in [0.3, 0.4) is 0 Å². The summed E-state index contributed by atoms with van der Waals surface area (Å²) in [6.45, 7) is 8.45. The molecule has 1 aliphatic rings. The first kappa shape index (κ1) is 14.4. The molecule has 0 spiro atoms. The van der Waals surface area contributed by atoms with Gasteiger partial charge in [0.05, 0.1) is 27.2 Å². The molecule has 3 heteroatoms. The Kier molecular flexibility index (Phi) is 5.88. The van der Waals surface area contributed by atoms with Crippen LogP contribution in [0.5, 0.6) is 0 Å². The molecule has 2 unspecified atom stereocenters. The van der Waals surface area contributed by atoms with E-state index in [0.29, 0.717) is 0 Å². The molecule has 1 rings (SSSR count). The molecule has 3 nitrogen and oxygen atoms in total. The first-order chi connectivity index (χ1) is 6.76. The molecule has 0 amide bonds. The minimum Gasteiger partial charge on any atom is -0.550 e. The Labute approximate surface area is 93.7 Å². The number of carboxylic acids is 1. The Hall–Kier alpha value is -0.570. The maximum absolute atomic E-state index is 8.89. The van der Waals surface area contributed by atoms with Gasteiger partial charge in [0, 0.05) is 17.8 Å². The molecule has 0 saturated carbocycles. The molecule has 1 fully saturated rings. The minimum absolute atomic E-state index is 0.934. The van der Waals surface area contributed by atoms with Crippen molar-refractivity contribution in [3.8, 4) is 0 Å². The fourth-order valence-corrected chi connectivity index (χ4v) is 2.63. The Bertz CT molecular complexity index is 198. The number of rotatable bonds is 1. The quantitative estimate of drug-likeness (QED) is 0.609. The van der Waals surface area contributed by atoms with E-state index in [1.807, 2.05) is 0 Å². The predicted octanol–water partition coefficient (Wildman–Crippen LogP) is 0.885. The van der Waals surface area contributed by atoms with Crippen molar-refractivity contribution in [3.05, 3.63) is 0 Å². The van der Waals surface area contributed by atoms with E-state index in [2.05, 4.69) is 27.9 Å². The third-order valence-electron chi connectivity index (χ3n) is 2.87. The van der Waals surface area contributed by atoms with Gasteiger partial charge in [-0.3, -0.25) is 0 Å². The van der Waals surface area contributed by atoms with E-state index in [4.69, 9.17) is 9.90 Å². The highest BCUT2D eigenvalue weighted by Gasteiger charge is 2.30. The molecule has 2 atom stereocenters. The largest absolute Gasteiger partial charge is 0.550 e. The normalized spacial score (nSPS) is 28.9. The lowest BCUT2D eigenvalue weighted by Crippen LogP contribution is -2.50. The molecule has 15 heavy (non-hydrogen) atoms. The zero-order valence-corrected chi connectivity index (χ0v) is 10.7. The number of quaternary nitrogens is 1. The van der Waals surface area contributed by atoms with Crippen molar-refractivity contribution in [2.75, 3.05) is 27.2 Å². The molecule has 0 aromatic carbocycles. The van der Waals surface area contributed by atoms with Crippen LogP contribution in [0.4, 0.5) is 0 Å². The van der Waals surface area contributed by atoms with Gasteiger partial charge in [-0.2, -0.15) is 0 Å². The summed E-state index contributed by atoms with van der Waals surface area (Å²) in [5.74, 6) is 0.831. The lowest BCUT2D eigenvalue weighted by Gasteiger charge is -2.40. The number of hydrogen-bond donors (Lipinski definition) is 0. The lowest BCUT2D eigenvalue weighted by molar-refractivity contribution is -0.902. The maximum Gasteiger partial charge on any atom is 0.0811 e. The Morgan fingerprint density at radius 2 is 1.87 bits per heavy atom. The average molecular weight is 215 g/mol. The third kappa shape index (κ3) is 7.37. The highest BCUT2D eigenvalue weighted by atomic mass is 16.4. The zero-order chi connectivity index (χ0) is 12.1. The number of aliphatic carboxylic acids is 1. The van der Waals surface area contributed by atoms with E-state index in [1.165, 1.54) is 30.4 Å². The van der Waals surface area contributed by atoms with E-state index in [1.54, 1.807) is 0 Å². The van der Waals surface area contributed by atoms with Crippen LogP contribution in [0, 0.1) is 11.8 Å². The third-order valence-corrected chi connectivity index (χ3v) is 2.87. The summed E-state index contributed by atoms with van der Waals surface area (Å²) >= 11 is 0. The number of carbonyl (C=O) groups is 1. The van der Waals surface area contributed by atoms with Crippen LogP contribution in [0.25, 0.3) is 0 Å². The van der Waals surface area contributed by atoms with E-state index >= 15 is 0 Å². The molecule has 0 aliphatic carbocycles. The zero-order valence-electron chi connectivity index (χ0n) is 10.7. The van der Waals surface area contributed by atoms with Gasteiger partial charge in [-0.1, -0.05) is 13.8 Å². The van der Waals surface area contributed by atoms with E-state index in [9.17, 15) is 0 Å². The summed E-state index contributed by atoms with van der Waals surface area (Å²) in [5, 5.41) is 8.89. The van der Waals surface area contributed by atoms with Crippen molar-refractivity contribution in [2.24, 2.45) is 11.8 Å². The number of piperidine rings is 1. The smallest absolute Gasteiger partial charge is 0.0811 e. The van der Waals surface area contributed by atoms with Crippen LogP contribution in [-0.2, 0) is 4.79 Å². The monoisotopic (exact) mass is 215 g/mol. The predicted molar refractivity (Wildman–Crippen MR) is 60.1 cm³/mol. The van der Waals surface area contributed by atoms with Gasteiger partial charge in [-0.25, -0.2) is 0 Å². The van der Waals surface area contributed by atoms with Crippen LogP contribution < -0.4 is 5.11 Å². The molecule has 0 bridgehead atoms. The summed E-state index contributed by atoms with van der Waals surface area (Å²) in [7, 11) is 4.72. The summed E-state index contributed by atoms with van der Waals surface area (Å²) < 4.78 is 1.24.